The highest BCUT2D eigenvalue weighted by atomic mass is 16.2. The summed E-state index contributed by atoms with van der Waals surface area (Å²) < 4.78 is 0. The van der Waals surface area contributed by atoms with Gasteiger partial charge in [-0.05, 0) is 31.9 Å². The third kappa shape index (κ3) is 3.84. The van der Waals surface area contributed by atoms with E-state index in [1.54, 1.807) is 6.20 Å². The summed E-state index contributed by atoms with van der Waals surface area (Å²) in [5.41, 5.74) is 0.885. The first-order chi connectivity index (χ1) is 13.1. The Morgan fingerprint density at radius 2 is 2.19 bits per heavy atom. The van der Waals surface area contributed by atoms with Crippen molar-refractivity contribution in [2.45, 2.75) is 45.2 Å². The van der Waals surface area contributed by atoms with Gasteiger partial charge >= 0.3 is 0 Å². The van der Waals surface area contributed by atoms with E-state index >= 15 is 0 Å². The smallest absolute Gasteiger partial charge is 0.228 e. The predicted molar refractivity (Wildman–Crippen MR) is 97.3 cm³/mol. The fraction of sp³-hybridized carbons (Fsp3) is 0.526. The summed E-state index contributed by atoms with van der Waals surface area (Å²) in [6, 6.07) is 5.81. The first-order valence-electron chi connectivity index (χ1n) is 9.46. The minimum atomic E-state index is -0.109. The standard InChI is InChI=1S/C19H24N6O2/c1-13-21-17(23-22-13)7-8-18(26)24-10-14-5-6-16(12-24)25(19(14)27)11-15-4-2-3-9-20-15/h2-4,9,14,16H,5-8,10-12H2,1H3,(H,21,22,23)/t14-,16+/m1/s1. The van der Waals surface area contributed by atoms with Crippen LogP contribution in [-0.4, -0.2) is 60.9 Å². The maximum atomic E-state index is 12.9. The van der Waals surface area contributed by atoms with Gasteiger partial charge in [0, 0.05) is 38.2 Å². The van der Waals surface area contributed by atoms with Gasteiger partial charge in [0.25, 0.3) is 0 Å². The third-order valence-corrected chi connectivity index (χ3v) is 5.41. The molecule has 142 valence electrons. The Morgan fingerprint density at radius 1 is 1.30 bits per heavy atom. The molecule has 0 saturated carbocycles. The first kappa shape index (κ1) is 17.6. The summed E-state index contributed by atoms with van der Waals surface area (Å²) in [6.45, 7) is 3.47. The molecule has 0 aliphatic carbocycles. The largest absolute Gasteiger partial charge is 0.340 e. The Kier molecular flexibility index (Phi) is 4.87. The van der Waals surface area contributed by atoms with Crippen LogP contribution in [0.2, 0.25) is 0 Å². The Balaban J connectivity index is 1.42. The molecule has 5 heterocycles. The molecular weight excluding hydrogens is 344 g/mol. The van der Waals surface area contributed by atoms with Crippen molar-refractivity contribution in [3.63, 3.8) is 0 Å². The number of aromatic amines is 1. The molecule has 0 unspecified atom stereocenters. The van der Waals surface area contributed by atoms with Gasteiger partial charge in [0.1, 0.15) is 5.82 Å². The summed E-state index contributed by atoms with van der Waals surface area (Å²) >= 11 is 0. The van der Waals surface area contributed by atoms with E-state index in [0.717, 1.165) is 24.4 Å². The van der Waals surface area contributed by atoms with Gasteiger partial charge in [-0.25, -0.2) is 4.98 Å². The van der Waals surface area contributed by atoms with Gasteiger partial charge in [-0.2, -0.15) is 5.10 Å². The molecular formula is C19H24N6O2. The van der Waals surface area contributed by atoms with Gasteiger partial charge < -0.3 is 9.80 Å². The Bertz CT molecular complexity index is 821. The number of nitrogens with zero attached hydrogens (tertiary/aromatic N) is 5. The number of nitrogens with one attached hydrogen (secondary N) is 1. The molecule has 0 spiro atoms. The molecule has 3 aliphatic rings. The molecule has 3 aliphatic heterocycles. The second kappa shape index (κ2) is 7.46. The zero-order valence-corrected chi connectivity index (χ0v) is 15.5. The number of hydrogen-bond acceptors (Lipinski definition) is 5. The number of carbonyl (C=O) groups excluding carboxylic acids is 2. The fourth-order valence-corrected chi connectivity index (χ4v) is 4.00. The van der Waals surface area contributed by atoms with Crippen LogP contribution in [0, 0.1) is 12.8 Å². The Hall–Kier alpha value is -2.77. The highest BCUT2D eigenvalue weighted by Gasteiger charge is 2.41. The molecule has 2 aromatic heterocycles. The van der Waals surface area contributed by atoms with Crippen molar-refractivity contribution in [2.24, 2.45) is 5.92 Å². The number of aromatic nitrogens is 4. The highest BCUT2D eigenvalue weighted by molar-refractivity contribution is 5.83. The number of fused-ring (bicyclic) bond motifs is 4. The van der Waals surface area contributed by atoms with Gasteiger partial charge in [0.15, 0.2) is 5.82 Å². The number of H-pyrrole nitrogens is 1. The van der Waals surface area contributed by atoms with Crippen LogP contribution in [0.5, 0.6) is 0 Å². The van der Waals surface area contributed by atoms with Crippen molar-refractivity contribution in [1.82, 2.24) is 30.0 Å². The quantitative estimate of drug-likeness (QED) is 0.852. The van der Waals surface area contributed by atoms with Crippen LogP contribution in [0.3, 0.4) is 0 Å². The number of carbonyl (C=O) groups is 2. The summed E-state index contributed by atoms with van der Waals surface area (Å²) in [6.07, 6.45) is 4.42. The lowest BCUT2D eigenvalue weighted by Crippen LogP contribution is -2.47. The van der Waals surface area contributed by atoms with E-state index in [9.17, 15) is 9.59 Å². The second-order valence-corrected chi connectivity index (χ2v) is 7.35. The lowest BCUT2D eigenvalue weighted by molar-refractivity contribution is -0.140. The van der Waals surface area contributed by atoms with Gasteiger partial charge in [0.2, 0.25) is 11.8 Å². The number of pyridine rings is 1. The maximum absolute atomic E-state index is 12.9. The second-order valence-electron chi connectivity index (χ2n) is 7.35. The fourth-order valence-electron chi connectivity index (χ4n) is 4.00. The molecule has 3 saturated heterocycles. The molecule has 8 heteroatoms. The van der Waals surface area contributed by atoms with Crippen LogP contribution in [0.15, 0.2) is 24.4 Å². The highest BCUT2D eigenvalue weighted by Crippen LogP contribution is 2.30. The summed E-state index contributed by atoms with van der Waals surface area (Å²) in [5.74, 6) is 1.52. The average molecular weight is 368 g/mol. The molecule has 27 heavy (non-hydrogen) atoms. The van der Waals surface area contributed by atoms with Crippen molar-refractivity contribution in [3.05, 3.63) is 41.7 Å². The van der Waals surface area contributed by atoms with E-state index < -0.39 is 0 Å². The Labute approximate surface area is 158 Å². The molecule has 8 nitrogen and oxygen atoms in total. The molecule has 0 aromatic carbocycles. The molecule has 0 radical (unpaired) electrons. The van der Waals surface area contributed by atoms with Crippen LogP contribution in [0.4, 0.5) is 0 Å². The topological polar surface area (TPSA) is 95.1 Å². The number of amides is 2. The Morgan fingerprint density at radius 3 is 2.93 bits per heavy atom. The predicted octanol–water partition coefficient (Wildman–Crippen LogP) is 1.09. The van der Waals surface area contributed by atoms with E-state index in [2.05, 4.69) is 20.2 Å². The lowest BCUT2D eigenvalue weighted by atomic mass is 9.94. The van der Waals surface area contributed by atoms with Crippen LogP contribution in [0.1, 0.15) is 36.6 Å². The van der Waals surface area contributed by atoms with E-state index in [1.165, 1.54) is 0 Å². The molecule has 3 fully saturated rings. The molecule has 2 aromatic rings. The van der Waals surface area contributed by atoms with E-state index in [0.29, 0.717) is 38.3 Å². The van der Waals surface area contributed by atoms with E-state index in [1.807, 2.05) is 34.9 Å². The summed E-state index contributed by atoms with van der Waals surface area (Å²) in [7, 11) is 0. The first-order valence-corrected chi connectivity index (χ1v) is 9.46. The van der Waals surface area contributed by atoms with Crippen LogP contribution >= 0.6 is 0 Å². The number of rotatable bonds is 5. The van der Waals surface area contributed by atoms with Crippen molar-refractivity contribution in [3.8, 4) is 0 Å². The number of hydrogen-bond donors (Lipinski definition) is 1. The monoisotopic (exact) mass is 368 g/mol. The van der Waals surface area contributed by atoms with Crippen molar-refractivity contribution >= 4 is 11.8 Å². The average Bonchev–Trinajstić information content (AvgIpc) is 2.91. The molecule has 5 rings (SSSR count). The van der Waals surface area contributed by atoms with Crippen LogP contribution in [0.25, 0.3) is 0 Å². The number of piperidine rings is 1. The summed E-state index contributed by atoms with van der Waals surface area (Å²) in [4.78, 5) is 38.0. The third-order valence-electron chi connectivity index (χ3n) is 5.41. The van der Waals surface area contributed by atoms with Crippen molar-refractivity contribution in [1.29, 1.82) is 0 Å². The van der Waals surface area contributed by atoms with E-state index in [4.69, 9.17) is 0 Å². The van der Waals surface area contributed by atoms with Gasteiger partial charge in [-0.3, -0.25) is 19.7 Å². The molecule has 2 atom stereocenters. The summed E-state index contributed by atoms with van der Waals surface area (Å²) in [5, 5.41) is 6.89. The lowest BCUT2D eigenvalue weighted by Gasteiger charge is -2.35. The zero-order chi connectivity index (χ0) is 18.8. The van der Waals surface area contributed by atoms with Crippen molar-refractivity contribution < 1.29 is 9.59 Å². The van der Waals surface area contributed by atoms with Crippen LogP contribution < -0.4 is 0 Å². The maximum Gasteiger partial charge on any atom is 0.228 e. The van der Waals surface area contributed by atoms with Crippen molar-refractivity contribution in [2.75, 3.05) is 13.1 Å². The van der Waals surface area contributed by atoms with Gasteiger partial charge in [-0.15, -0.1) is 0 Å². The molecule has 2 amide bonds. The van der Waals surface area contributed by atoms with E-state index in [-0.39, 0.29) is 23.8 Å². The minimum Gasteiger partial charge on any atom is -0.340 e. The minimum absolute atomic E-state index is 0.0629. The van der Waals surface area contributed by atoms with Gasteiger partial charge in [-0.1, -0.05) is 6.07 Å². The van der Waals surface area contributed by atoms with Gasteiger partial charge in [0.05, 0.1) is 18.2 Å². The van der Waals surface area contributed by atoms with Crippen LogP contribution in [-0.2, 0) is 22.6 Å². The SMILES string of the molecule is Cc1nc(CCC(=O)N2C[C@H]3CC[C@@H](C2)N(Cc2ccccn2)C3=O)n[nH]1. The molecule has 1 N–H and O–H groups in total. The normalized spacial score (nSPS) is 22.2. The number of aryl methyl sites for hydroxylation is 2. The molecule has 2 bridgehead atoms. The zero-order valence-electron chi connectivity index (χ0n) is 15.5.